The lowest BCUT2D eigenvalue weighted by molar-refractivity contribution is 0.551. The van der Waals surface area contributed by atoms with E-state index in [1.165, 1.54) is 22.4 Å². The maximum absolute atomic E-state index is 5.74. The highest BCUT2D eigenvalue weighted by atomic mass is 15.2. The van der Waals surface area contributed by atoms with Crippen LogP contribution in [0.2, 0.25) is 0 Å². The van der Waals surface area contributed by atoms with E-state index in [1.54, 1.807) is 0 Å². The molecule has 0 spiro atoms. The summed E-state index contributed by atoms with van der Waals surface area (Å²) in [6, 6.07) is 17.1. The minimum Gasteiger partial charge on any atom is -0.378 e. The van der Waals surface area contributed by atoms with Crippen LogP contribution < -0.4 is 16.2 Å². The molecule has 0 aliphatic carbocycles. The summed E-state index contributed by atoms with van der Waals surface area (Å²) in [4.78, 5) is 2.09. The van der Waals surface area contributed by atoms with E-state index in [2.05, 4.69) is 65.8 Å². The third-order valence-electron chi connectivity index (χ3n) is 3.70. The molecule has 0 aliphatic rings. The number of anilines is 1. The first-order valence-corrected chi connectivity index (χ1v) is 6.89. The Hall–Kier alpha value is -1.84. The fraction of sp³-hybridized carbons (Fsp3) is 0.294. The number of hydrazine groups is 1. The van der Waals surface area contributed by atoms with Gasteiger partial charge >= 0.3 is 0 Å². The minimum absolute atomic E-state index is 0.132. The molecular formula is C17H23N3. The molecule has 0 aromatic heterocycles. The molecule has 3 nitrogen and oxygen atoms in total. The Labute approximate surface area is 121 Å². The predicted octanol–water partition coefficient (Wildman–Crippen LogP) is 2.81. The number of nitrogens with two attached hydrogens (primary N) is 1. The zero-order valence-corrected chi connectivity index (χ0v) is 12.4. The monoisotopic (exact) mass is 269 g/mol. The maximum Gasteiger partial charge on any atom is 0.0500 e. The van der Waals surface area contributed by atoms with Crippen LogP contribution >= 0.6 is 0 Å². The van der Waals surface area contributed by atoms with Crippen LogP contribution in [0.3, 0.4) is 0 Å². The normalized spacial score (nSPS) is 12.2. The van der Waals surface area contributed by atoms with Gasteiger partial charge in [-0.25, -0.2) is 0 Å². The summed E-state index contributed by atoms with van der Waals surface area (Å²) in [5, 5.41) is 0. The van der Waals surface area contributed by atoms with E-state index in [9.17, 15) is 0 Å². The van der Waals surface area contributed by atoms with Gasteiger partial charge in [-0.3, -0.25) is 11.3 Å². The van der Waals surface area contributed by atoms with Gasteiger partial charge in [-0.2, -0.15) is 0 Å². The molecule has 0 amide bonds. The van der Waals surface area contributed by atoms with Gasteiger partial charge in [0.2, 0.25) is 0 Å². The zero-order valence-electron chi connectivity index (χ0n) is 12.4. The quantitative estimate of drug-likeness (QED) is 0.648. The van der Waals surface area contributed by atoms with E-state index in [4.69, 9.17) is 5.84 Å². The number of nitrogens with zero attached hydrogens (tertiary/aromatic N) is 1. The summed E-state index contributed by atoms with van der Waals surface area (Å²) in [6.45, 7) is 2.14. The van der Waals surface area contributed by atoms with Crippen molar-refractivity contribution < 1.29 is 0 Å². The van der Waals surface area contributed by atoms with Crippen LogP contribution in [0.15, 0.2) is 48.5 Å². The molecule has 2 rings (SSSR count). The van der Waals surface area contributed by atoms with Gasteiger partial charge in [-0.15, -0.1) is 0 Å². The van der Waals surface area contributed by atoms with Crippen molar-refractivity contribution in [3.63, 3.8) is 0 Å². The molecule has 0 fully saturated rings. The first kappa shape index (κ1) is 14.6. The van der Waals surface area contributed by atoms with Gasteiger partial charge in [0.25, 0.3) is 0 Å². The molecule has 3 heteroatoms. The summed E-state index contributed by atoms with van der Waals surface area (Å²) in [5.41, 5.74) is 7.96. The maximum atomic E-state index is 5.74. The van der Waals surface area contributed by atoms with Crippen molar-refractivity contribution >= 4 is 5.69 Å². The third-order valence-corrected chi connectivity index (χ3v) is 3.70. The largest absolute Gasteiger partial charge is 0.378 e. The van der Waals surface area contributed by atoms with Crippen molar-refractivity contribution in [3.8, 4) is 0 Å². The predicted molar refractivity (Wildman–Crippen MR) is 85.7 cm³/mol. The highest BCUT2D eigenvalue weighted by Crippen LogP contribution is 2.22. The van der Waals surface area contributed by atoms with Gasteiger partial charge in [0.1, 0.15) is 0 Å². The number of aryl methyl sites for hydroxylation is 1. The summed E-state index contributed by atoms with van der Waals surface area (Å²) >= 11 is 0. The Morgan fingerprint density at radius 3 is 2.25 bits per heavy atom. The average molecular weight is 269 g/mol. The van der Waals surface area contributed by atoms with Crippen molar-refractivity contribution in [2.24, 2.45) is 5.84 Å². The Morgan fingerprint density at radius 1 is 1.05 bits per heavy atom. The van der Waals surface area contributed by atoms with Crippen LogP contribution in [0, 0.1) is 6.92 Å². The van der Waals surface area contributed by atoms with Crippen LogP contribution in [-0.2, 0) is 6.42 Å². The summed E-state index contributed by atoms with van der Waals surface area (Å²) < 4.78 is 0. The Balaban J connectivity index is 2.18. The molecule has 0 heterocycles. The average Bonchev–Trinajstić information content (AvgIpc) is 2.46. The van der Waals surface area contributed by atoms with Crippen LogP contribution in [0.25, 0.3) is 0 Å². The van der Waals surface area contributed by atoms with E-state index < -0.39 is 0 Å². The van der Waals surface area contributed by atoms with E-state index in [0.29, 0.717) is 0 Å². The van der Waals surface area contributed by atoms with Gasteiger partial charge in [-0.05, 0) is 42.2 Å². The fourth-order valence-electron chi connectivity index (χ4n) is 2.34. The lowest BCUT2D eigenvalue weighted by Crippen LogP contribution is -2.29. The molecule has 2 aromatic carbocycles. The Morgan fingerprint density at radius 2 is 1.70 bits per heavy atom. The third kappa shape index (κ3) is 3.38. The van der Waals surface area contributed by atoms with Crippen molar-refractivity contribution in [1.29, 1.82) is 0 Å². The van der Waals surface area contributed by atoms with E-state index in [1.807, 2.05) is 14.1 Å². The second-order valence-electron chi connectivity index (χ2n) is 5.34. The lowest BCUT2D eigenvalue weighted by atomic mass is 9.96. The van der Waals surface area contributed by atoms with Crippen LogP contribution in [-0.4, -0.2) is 14.1 Å². The number of nitrogens with one attached hydrogen (secondary N) is 1. The van der Waals surface area contributed by atoms with Crippen molar-refractivity contribution in [1.82, 2.24) is 5.43 Å². The van der Waals surface area contributed by atoms with E-state index >= 15 is 0 Å². The summed E-state index contributed by atoms with van der Waals surface area (Å²) in [6.07, 6.45) is 0.893. The molecule has 1 unspecified atom stereocenters. The van der Waals surface area contributed by atoms with Crippen LogP contribution in [0.4, 0.5) is 5.69 Å². The Bertz CT molecular complexity index is 546. The van der Waals surface area contributed by atoms with E-state index in [-0.39, 0.29) is 6.04 Å². The highest BCUT2D eigenvalue weighted by Gasteiger charge is 2.11. The molecular weight excluding hydrogens is 246 g/mol. The van der Waals surface area contributed by atoms with E-state index in [0.717, 1.165) is 6.42 Å². The molecule has 106 valence electrons. The molecule has 0 bridgehead atoms. The minimum atomic E-state index is 0.132. The highest BCUT2D eigenvalue weighted by molar-refractivity contribution is 5.46. The van der Waals surface area contributed by atoms with Crippen molar-refractivity contribution in [3.05, 3.63) is 65.2 Å². The van der Waals surface area contributed by atoms with Crippen LogP contribution in [0.1, 0.15) is 22.7 Å². The fourth-order valence-corrected chi connectivity index (χ4v) is 2.34. The van der Waals surface area contributed by atoms with Crippen molar-refractivity contribution in [2.45, 2.75) is 19.4 Å². The van der Waals surface area contributed by atoms with Gasteiger partial charge in [0.15, 0.2) is 0 Å². The summed E-state index contributed by atoms with van der Waals surface area (Å²) in [5.74, 6) is 5.74. The number of rotatable bonds is 5. The van der Waals surface area contributed by atoms with Crippen LogP contribution in [0.5, 0.6) is 0 Å². The standard InChI is InChI=1S/C17H23N3/c1-13-6-4-5-7-15(13)12-17(19-18)14-8-10-16(11-9-14)20(2)3/h4-11,17,19H,12,18H2,1-3H3. The van der Waals surface area contributed by atoms with Gasteiger partial charge in [-0.1, -0.05) is 36.4 Å². The SMILES string of the molecule is Cc1ccccc1CC(NN)c1ccc(N(C)C)cc1. The molecule has 0 saturated carbocycles. The molecule has 2 aromatic rings. The van der Waals surface area contributed by atoms with Crippen molar-refractivity contribution in [2.75, 3.05) is 19.0 Å². The van der Waals surface area contributed by atoms with Gasteiger partial charge in [0, 0.05) is 25.8 Å². The topological polar surface area (TPSA) is 41.3 Å². The molecule has 3 N–H and O–H groups in total. The lowest BCUT2D eigenvalue weighted by Gasteiger charge is -2.19. The zero-order chi connectivity index (χ0) is 14.5. The molecule has 1 atom stereocenters. The first-order valence-electron chi connectivity index (χ1n) is 6.89. The summed E-state index contributed by atoms with van der Waals surface area (Å²) in [7, 11) is 4.09. The second-order valence-corrected chi connectivity index (χ2v) is 5.34. The van der Waals surface area contributed by atoms with Gasteiger partial charge < -0.3 is 4.90 Å². The second kappa shape index (κ2) is 6.55. The number of hydrogen-bond acceptors (Lipinski definition) is 3. The van der Waals surface area contributed by atoms with Gasteiger partial charge in [0.05, 0.1) is 0 Å². The smallest absolute Gasteiger partial charge is 0.0500 e. The Kier molecular flexibility index (Phi) is 4.77. The molecule has 0 saturated heterocycles. The molecule has 0 radical (unpaired) electrons. The molecule has 0 aliphatic heterocycles. The number of benzene rings is 2. The number of hydrogen-bond donors (Lipinski definition) is 2. The first-order chi connectivity index (χ1) is 9.61. The molecule has 20 heavy (non-hydrogen) atoms.